The van der Waals surface area contributed by atoms with E-state index in [4.69, 9.17) is 4.74 Å². The summed E-state index contributed by atoms with van der Waals surface area (Å²) in [6, 6.07) is 1.24. The zero-order chi connectivity index (χ0) is 15.7. The highest BCUT2D eigenvalue weighted by atomic mass is 32.2. The van der Waals surface area contributed by atoms with Crippen LogP contribution in [0.2, 0.25) is 0 Å². The first kappa shape index (κ1) is 15.9. The number of hydrogen-bond acceptors (Lipinski definition) is 5. The molecule has 1 aliphatic heterocycles. The Hall–Kier alpha value is -0.960. The molecule has 1 N–H and O–H groups in total. The molecular weight excluding hydrogens is 306 g/mol. The van der Waals surface area contributed by atoms with Crippen LogP contribution in [0.4, 0.5) is 0 Å². The van der Waals surface area contributed by atoms with E-state index in [1.807, 2.05) is 6.92 Å². The lowest BCUT2D eigenvalue weighted by atomic mass is 9.96. The third kappa shape index (κ3) is 2.68. The van der Waals surface area contributed by atoms with Crippen LogP contribution in [0.15, 0.2) is 17.3 Å². The van der Waals surface area contributed by atoms with Crippen molar-refractivity contribution >= 4 is 10.0 Å². The van der Waals surface area contributed by atoms with Gasteiger partial charge in [-0.05, 0) is 25.8 Å². The van der Waals surface area contributed by atoms with E-state index in [0.29, 0.717) is 26.3 Å². The number of nitrogens with zero attached hydrogens (tertiary/aromatic N) is 3. The van der Waals surface area contributed by atoms with Gasteiger partial charge < -0.3 is 9.84 Å². The summed E-state index contributed by atoms with van der Waals surface area (Å²) in [5.41, 5.74) is 0. The van der Waals surface area contributed by atoms with E-state index >= 15 is 0 Å². The number of aliphatic hydroxyl groups is 1. The van der Waals surface area contributed by atoms with Gasteiger partial charge in [0.2, 0.25) is 0 Å². The quantitative estimate of drug-likeness (QED) is 0.867. The fourth-order valence-electron chi connectivity index (χ4n) is 3.56. The zero-order valence-electron chi connectivity index (χ0n) is 12.8. The topological polar surface area (TPSA) is 84.7 Å². The van der Waals surface area contributed by atoms with Gasteiger partial charge in [-0.2, -0.15) is 9.40 Å². The molecule has 2 fully saturated rings. The first-order chi connectivity index (χ1) is 10.6. The maximum Gasteiger partial charge on any atom is 0.260 e. The average molecular weight is 329 g/mol. The van der Waals surface area contributed by atoms with Gasteiger partial charge in [0.15, 0.2) is 5.03 Å². The van der Waals surface area contributed by atoms with E-state index in [1.54, 1.807) is 0 Å². The lowest BCUT2D eigenvalue weighted by Crippen LogP contribution is -2.53. The highest BCUT2D eigenvalue weighted by Gasteiger charge is 2.43. The molecule has 1 saturated heterocycles. The van der Waals surface area contributed by atoms with Gasteiger partial charge in [-0.15, -0.1) is 0 Å². The molecule has 22 heavy (non-hydrogen) atoms. The van der Waals surface area contributed by atoms with E-state index in [9.17, 15) is 13.5 Å². The summed E-state index contributed by atoms with van der Waals surface area (Å²) in [5, 5.41) is 14.4. The van der Waals surface area contributed by atoms with Crippen molar-refractivity contribution in [1.29, 1.82) is 0 Å². The van der Waals surface area contributed by atoms with E-state index in [-0.39, 0.29) is 17.0 Å². The van der Waals surface area contributed by atoms with Crippen LogP contribution in [-0.2, 0) is 21.3 Å². The molecule has 0 aromatic carbocycles. The summed E-state index contributed by atoms with van der Waals surface area (Å²) in [5.74, 6) is -0.0481. The smallest absolute Gasteiger partial charge is 0.260 e. The number of aliphatic hydroxyl groups excluding tert-OH is 1. The van der Waals surface area contributed by atoms with Gasteiger partial charge in [-0.3, -0.25) is 4.68 Å². The first-order valence-electron chi connectivity index (χ1n) is 7.85. The number of morpholine rings is 1. The zero-order valence-corrected chi connectivity index (χ0v) is 13.6. The lowest BCUT2D eigenvalue weighted by molar-refractivity contribution is -0.0149. The lowest BCUT2D eigenvalue weighted by Gasteiger charge is -2.38. The Morgan fingerprint density at radius 3 is 2.95 bits per heavy atom. The molecular formula is C14H23N3O4S. The summed E-state index contributed by atoms with van der Waals surface area (Å²) in [7, 11) is -3.63. The number of hydrogen-bond donors (Lipinski definition) is 1. The average Bonchev–Trinajstić information content (AvgIpc) is 3.15. The Morgan fingerprint density at radius 1 is 1.45 bits per heavy atom. The van der Waals surface area contributed by atoms with Crippen molar-refractivity contribution in [3.63, 3.8) is 0 Å². The van der Waals surface area contributed by atoms with Crippen LogP contribution < -0.4 is 0 Å². The molecule has 2 aliphatic rings. The SMILES string of the molecule is CCn1nccc1S(=O)(=O)N1CCOCC1C1CCCC1O. The van der Waals surface area contributed by atoms with Crippen molar-refractivity contribution in [1.82, 2.24) is 14.1 Å². The van der Waals surface area contributed by atoms with Gasteiger partial charge in [0.1, 0.15) is 0 Å². The molecule has 2 heterocycles. The third-order valence-corrected chi connectivity index (χ3v) is 6.64. The second kappa shape index (κ2) is 6.27. The highest BCUT2D eigenvalue weighted by molar-refractivity contribution is 7.89. The molecule has 7 nitrogen and oxygen atoms in total. The molecule has 3 atom stereocenters. The number of aromatic nitrogens is 2. The van der Waals surface area contributed by atoms with Crippen LogP contribution in [0.25, 0.3) is 0 Å². The van der Waals surface area contributed by atoms with Crippen molar-refractivity contribution in [3.05, 3.63) is 12.3 Å². The number of sulfonamides is 1. The van der Waals surface area contributed by atoms with Crippen LogP contribution >= 0.6 is 0 Å². The largest absolute Gasteiger partial charge is 0.393 e. The number of rotatable bonds is 4. The Morgan fingerprint density at radius 2 is 2.27 bits per heavy atom. The fraction of sp³-hybridized carbons (Fsp3) is 0.786. The molecule has 8 heteroatoms. The number of ether oxygens (including phenoxy) is 1. The summed E-state index contributed by atoms with van der Waals surface area (Å²) in [6.45, 7) is 3.43. The minimum absolute atomic E-state index is 0.0481. The molecule has 124 valence electrons. The molecule has 3 rings (SSSR count). The van der Waals surface area contributed by atoms with Crippen LogP contribution in [0.1, 0.15) is 26.2 Å². The predicted molar refractivity (Wildman–Crippen MR) is 79.7 cm³/mol. The highest BCUT2D eigenvalue weighted by Crippen LogP contribution is 2.34. The summed E-state index contributed by atoms with van der Waals surface area (Å²) < 4.78 is 34.6. The van der Waals surface area contributed by atoms with E-state index in [0.717, 1.165) is 19.3 Å². The van der Waals surface area contributed by atoms with Crippen LogP contribution in [0.5, 0.6) is 0 Å². The van der Waals surface area contributed by atoms with Gasteiger partial charge in [-0.25, -0.2) is 8.42 Å². The van der Waals surface area contributed by atoms with Crippen molar-refractivity contribution in [3.8, 4) is 0 Å². The Kier molecular flexibility index (Phi) is 4.54. The van der Waals surface area contributed by atoms with Crippen LogP contribution in [0.3, 0.4) is 0 Å². The molecule has 1 saturated carbocycles. The molecule has 0 amide bonds. The van der Waals surface area contributed by atoms with E-state index in [1.165, 1.54) is 21.3 Å². The van der Waals surface area contributed by atoms with Crippen molar-refractivity contribution < 1.29 is 18.3 Å². The minimum atomic E-state index is -3.63. The Balaban J connectivity index is 1.93. The maximum absolute atomic E-state index is 13.0. The normalized spacial score (nSPS) is 30.7. The standard InChI is InChI=1S/C14H23N3O4S/c1-2-16-14(6-7-15-16)22(19,20)17-8-9-21-10-12(17)11-4-3-5-13(11)18/h6-7,11-13,18H,2-5,8-10H2,1H3. The second-order valence-corrected chi connectivity index (χ2v) is 7.74. The van der Waals surface area contributed by atoms with Gasteiger partial charge >= 0.3 is 0 Å². The minimum Gasteiger partial charge on any atom is -0.393 e. The monoisotopic (exact) mass is 329 g/mol. The van der Waals surface area contributed by atoms with Gasteiger partial charge in [-0.1, -0.05) is 6.42 Å². The molecule has 0 radical (unpaired) electrons. The van der Waals surface area contributed by atoms with Crippen LogP contribution in [0, 0.1) is 5.92 Å². The first-order valence-corrected chi connectivity index (χ1v) is 9.29. The molecule has 1 aromatic rings. The second-order valence-electron chi connectivity index (χ2n) is 5.91. The molecule has 3 unspecified atom stereocenters. The molecule has 0 spiro atoms. The van der Waals surface area contributed by atoms with Gasteiger partial charge in [0.05, 0.1) is 31.6 Å². The van der Waals surface area contributed by atoms with Gasteiger partial charge in [0.25, 0.3) is 10.0 Å². The van der Waals surface area contributed by atoms with Crippen LogP contribution in [-0.4, -0.2) is 59.5 Å². The molecule has 1 aliphatic carbocycles. The van der Waals surface area contributed by atoms with Gasteiger partial charge in [0, 0.05) is 19.0 Å². The van der Waals surface area contributed by atoms with E-state index < -0.39 is 16.1 Å². The maximum atomic E-state index is 13.0. The number of aryl methyl sites for hydroxylation is 1. The van der Waals surface area contributed by atoms with Crippen molar-refractivity contribution in [2.75, 3.05) is 19.8 Å². The summed E-state index contributed by atoms with van der Waals surface area (Å²) in [6.07, 6.45) is 3.58. The third-order valence-electron chi connectivity index (χ3n) is 4.69. The Bertz CT molecular complexity index is 615. The summed E-state index contributed by atoms with van der Waals surface area (Å²) >= 11 is 0. The Labute approximate surface area is 130 Å². The fourth-order valence-corrected chi connectivity index (χ4v) is 5.36. The van der Waals surface area contributed by atoms with E-state index in [2.05, 4.69) is 5.10 Å². The molecule has 1 aromatic heterocycles. The summed E-state index contributed by atoms with van der Waals surface area (Å²) in [4.78, 5) is 0. The predicted octanol–water partition coefficient (Wildman–Crippen LogP) is 0.453. The van der Waals surface area contributed by atoms with Crippen molar-refractivity contribution in [2.45, 2.75) is 49.9 Å². The molecule has 0 bridgehead atoms. The van der Waals surface area contributed by atoms with Crippen molar-refractivity contribution in [2.24, 2.45) is 5.92 Å².